The third-order valence-electron chi connectivity index (χ3n) is 3.86. The van der Waals surface area contributed by atoms with E-state index >= 15 is 0 Å². The topological polar surface area (TPSA) is 49.3 Å². The van der Waals surface area contributed by atoms with Crippen LogP contribution in [0.15, 0.2) is 46.9 Å². The molecule has 21 heavy (non-hydrogen) atoms. The summed E-state index contributed by atoms with van der Waals surface area (Å²) in [6.07, 6.45) is 0.00534. The zero-order valence-corrected chi connectivity index (χ0v) is 13.2. The van der Waals surface area contributed by atoms with Crippen LogP contribution in [0.3, 0.4) is 0 Å². The molecule has 0 fully saturated rings. The number of aryl methyl sites for hydroxylation is 1. The number of nitrogens with one attached hydrogen (secondary N) is 1. The van der Waals surface area contributed by atoms with E-state index in [2.05, 4.69) is 21.2 Å². The lowest BCUT2D eigenvalue weighted by atomic mass is 10.1. The van der Waals surface area contributed by atoms with Gasteiger partial charge in [-0.15, -0.1) is 0 Å². The summed E-state index contributed by atoms with van der Waals surface area (Å²) in [6.45, 7) is 1.95. The summed E-state index contributed by atoms with van der Waals surface area (Å²) in [5.41, 5.74) is 3.71. The molecule has 1 aliphatic carbocycles. The van der Waals surface area contributed by atoms with Crippen LogP contribution in [0.2, 0.25) is 0 Å². The summed E-state index contributed by atoms with van der Waals surface area (Å²) in [4.78, 5) is 12.5. The molecule has 108 valence electrons. The lowest BCUT2D eigenvalue weighted by Crippen LogP contribution is -2.34. The second kappa shape index (κ2) is 5.62. The summed E-state index contributed by atoms with van der Waals surface area (Å²) in [6, 6.07) is 13.1. The highest BCUT2D eigenvalue weighted by atomic mass is 79.9. The Kier molecular flexibility index (Phi) is 3.83. The van der Waals surface area contributed by atoms with Crippen molar-refractivity contribution in [1.82, 2.24) is 5.32 Å². The van der Waals surface area contributed by atoms with Crippen LogP contribution in [0.5, 0.6) is 0 Å². The van der Waals surface area contributed by atoms with E-state index in [1.54, 1.807) is 0 Å². The molecule has 0 aliphatic heterocycles. The third-order valence-corrected chi connectivity index (χ3v) is 4.55. The lowest BCUT2D eigenvalue weighted by molar-refractivity contribution is 0.0857. The zero-order chi connectivity index (χ0) is 15.0. The molecule has 2 N–H and O–H groups in total. The number of halogens is 1. The largest absolute Gasteiger partial charge is 0.390 e. The van der Waals surface area contributed by atoms with Crippen LogP contribution in [0.4, 0.5) is 0 Å². The monoisotopic (exact) mass is 345 g/mol. The summed E-state index contributed by atoms with van der Waals surface area (Å²) in [5, 5.41) is 13.2. The molecule has 0 unspecified atom stereocenters. The maximum atomic E-state index is 12.5. The lowest BCUT2D eigenvalue weighted by Gasteiger charge is -2.18. The molecule has 2 aromatic carbocycles. The number of fused-ring (bicyclic) bond motifs is 1. The molecule has 2 aromatic rings. The molecule has 0 heterocycles. The van der Waals surface area contributed by atoms with Crippen molar-refractivity contribution >= 4 is 21.8 Å². The second-order valence-electron chi connectivity index (χ2n) is 5.40. The first-order chi connectivity index (χ1) is 10.1. The van der Waals surface area contributed by atoms with Crippen molar-refractivity contribution in [3.8, 4) is 0 Å². The predicted octanol–water partition coefficient (Wildman–Crippen LogP) is 3.15. The molecule has 0 aromatic heterocycles. The van der Waals surface area contributed by atoms with E-state index in [9.17, 15) is 9.90 Å². The SMILES string of the molecule is Cc1ccc(Br)c(C(=O)N[C@H]2c3ccccc3C[C@H]2O)c1. The Balaban J connectivity index is 1.87. The fourth-order valence-electron chi connectivity index (χ4n) is 2.78. The fraction of sp³-hybridized carbons (Fsp3) is 0.235. The maximum absolute atomic E-state index is 12.5. The molecule has 3 rings (SSSR count). The van der Waals surface area contributed by atoms with Gasteiger partial charge in [-0.3, -0.25) is 4.79 Å². The van der Waals surface area contributed by atoms with Crippen LogP contribution in [0, 0.1) is 6.92 Å². The zero-order valence-electron chi connectivity index (χ0n) is 11.6. The average Bonchev–Trinajstić information content (AvgIpc) is 2.78. The van der Waals surface area contributed by atoms with Crippen molar-refractivity contribution in [2.75, 3.05) is 0 Å². The number of hydrogen-bond acceptors (Lipinski definition) is 2. The Morgan fingerprint density at radius 1 is 1.29 bits per heavy atom. The Labute approximate surface area is 132 Å². The number of aliphatic hydroxyl groups is 1. The molecule has 0 saturated carbocycles. The maximum Gasteiger partial charge on any atom is 0.253 e. The second-order valence-corrected chi connectivity index (χ2v) is 6.26. The summed E-state index contributed by atoms with van der Waals surface area (Å²) in [7, 11) is 0. The molecule has 4 heteroatoms. The standard InChI is InChI=1S/C17H16BrNO2/c1-10-6-7-14(18)13(8-10)17(21)19-16-12-5-3-2-4-11(12)9-15(16)20/h2-8,15-16,20H,9H2,1H3,(H,19,21)/t15-,16+/m1/s1. The Morgan fingerprint density at radius 3 is 2.86 bits per heavy atom. The van der Waals surface area contributed by atoms with Crippen LogP contribution in [-0.4, -0.2) is 17.1 Å². The number of aliphatic hydroxyl groups excluding tert-OH is 1. The molecule has 3 nitrogen and oxygen atoms in total. The molecule has 0 radical (unpaired) electrons. The van der Waals surface area contributed by atoms with Crippen LogP contribution < -0.4 is 5.32 Å². The van der Waals surface area contributed by atoms with Gasteiger partial charge in [0.1, 0.15) is 0 Å². The predicted molar refractivity (Wildman–Crippen MR) is 85.2 cm³/mol. The number of amides is 1. The van der Waals surface area contributed by atoms with E-state index in [0.29, 0.717) is 12.0 Å². The van der Waals surface area contributed by atoms with Crippen LogP contribution >= 0.6 is 15.9 Å². The fourth-order valence-corrected chi connectivity index (χ4v) is 3.21. The van der Waals surface area contributed by atoms with Crippen molar-refractivity contribution in [3.63, 3.8) is 0 Å². The summed E-state index contributed by atoms with van der Waals surface area (Å²) in [5.74, 6) is -0.175. The first-order valence-corrected chi connectivity index (χ1v) is 7.68. The van der Waals surface area contributed by atoms with Crippen molar-refractivity contribution in [2.45, 2.75) is 25.5 Å². The van der Waals surface area contributed by atoms with E-state index in [1.807, 2.05) is 49.4 Å². The van der Waals surface area contributed by atoms with Gasteiger partial charge in [-0.2, -0.15) is 0 Å². The number of hydrogen-bond donors (Lipinski definition) is 2. The molecular weight excluding hydrogens is 330 g/mol. The Morgan fingerprint density at radius 2 is 2.05 bits per heavy atom. The highest BCUT2D eigenvalue weighted by molar-refractivity contribution is 9.10. The van der Waals surface area contributed by atoms with Gasteiger partial charge >= 0.3 is 0 Å². The van der Waals surface area contributed by atoms with E-state index in [0.717, 1.165) is 21.2 Å². The molecule has 0 spiro atoms. The van der Waals surface area contributed by atoms with E-state index in [-0.39, 0.29) is 11.9 Å². The minimum atomic E-state index is -0.574. The highest BCUT2D eigenvalue weighted by Gasteiger charge is 2.32. The van der Waals surface area contributed by atoms with Gasteiger partial charge in [0.2, 0.25) is 0 Å². The molecule has 1 amide bonds. The van der Waals surface area contributed by atoms with Gasteiger partial charge < -0.3 is 10.4 Å². The molecule has 0 bridgehead atoms. The van der Waals surface area contributed by atoms with Gasteiger partial charge in [-0.05, 0) is 46.1 Å². The molecule has 0 saturated heterocycles. The van der Waals surface area contributed by atoms with Crippen LogP contribution in [-0.2, 0) is 6.42 Å². The number of carbonyl (C=O) groups is 1. The van der Waals surface area contributed by atoms with Gasteiger partial charge in [-0.25, -0.2) is 0 Å². The number of benzene rings is 2. The van der Waals surface area contributed by atoms with Gasteiger partial charge in [-0.1, -0.05) is 35.9 Å². The normalized spacial score (nSPS) is 20.1. The first-order valence-electron chi connectivity index (χ1n) is 6.89. The third kappa shape index (κ3) is 2.74. The molecule has 2 atom stereocenters. The minimum absolute atomic E-state index is 0.175. The summed E-state index contributed by atoms with van der Waals surface area (Å²) >= 11 is 3.40. The number of rotatable bonds is 2. The molecular formula is C17H16BrNO2. The van der Waals surface area contributed by atoms with Crippen molar-refractivity contribution in [3.05, 3.63) is 69.2 Å². The number of carbonyl (C=O) groups excluding carboxylic acids is 1. The van der Waals surface area contributed by atoms with E-state index in [1.165, 1.54) is 0 Å². The van der Waals surface area contributed by atoms with Crippen molar-refractivity contribution < 1.29 is 9.90 Å². The summed E-state index contributed by atoms with van der Waals surface area (Å²) < 4.78 is 0.756. The quantitative estimate of drug-likeness (QED) is 0.878. The smallest absolute Gasteiger partial charge is 0.253 e. The minimum Gasteiger partial charge on any atom is -0.390 e. The molecule has 1 aliphatic rings. The first kappa shape index (κ1) is 14.3. The van der Waals surface area contributed by atoms with Gasteiger partial charge in [0, 0.05) is 10.9 Å². The van der Waals surface area contributed by atoms with Gasteiger partial charge in [0.05, 0.1) is 17.7 Å². The average molecular weight is 346 g/mol. The Hall–Kier alpha value is -1.65. The van der Waals surface area contributed by atoms with E-state index < -0.39 is 6.10 Å². The Bertz CT molecular complexity index is 699. The highest BCUT2D eigenvalue weighted by Crippen LogP contribution is 2.31. The van der Waals surface area contributed by atoms with Crippen LogP contribution in [0.25, 0.3) is 0 Å². The van der Waals surface area contributed by atoms with Gasteiger partial charge in [0.15, 0.2) is 0 Å². The van der Waals surface area contributed by atoms with Crippen molar-refractivity contribution in [2.24, 2.45) is 0 Å². The van der Waals surface area contributed by atoms with Crippen LogP contribution in [0.1, 0.15) is 33.1 Å². The van der Waals surface area contributed by atoms with Gasteiger partial charge in [0.25, 0.3) is 5.91 Å². The van der Waals surface area contributed by atoms with Crippen molar-refractivity contribution in [1.29, 1.82) is 0 Å². The van der Waals surface area contributed by atoms with E-state index in [4.69, 9.17) is 0 Å².